The predicted octanol–water partition coefficient (Wildman–Crippen LogP) is 2.45. The van der Waals surface area contributed by atoms with Crippen molar-refractivity contribution in [1.29, 1.82) is 0 Å². The van der Waals surface area contributed by atoms with Crippen LogP contribution in [0.5, 0.6) is 0 Å². The minimum absolute atomic E-state index is 0. The first-order chi connectivity index (χ1) is 7.16. The Balaban J connectivity index is 0. The van der Waals surface area contributed by atoms with Gasteiger partial charge in [0.15, 0.2) is 0 Å². The number of benzene rings is 1. The van der Waals surface area contributed by atoms with Crippen molar-refractivity contribution in [1.82, 2.24) is 4.90 Å². The summed E-state index contributed by atoms with van der Waals surface area (Å²) in [5.74, 6) is 0.0185. The van der Waals surface area contributed by atoms with Crippen molar-refractivity contribution in [3.63, 3.8) is 0 Å². The molecule has 0 spiro atoms. The molecule has 3 nitrogen and oxygen atoms in total. The van der Waals surface area contributed by atoms with Gasteiger partial charge in [-0.1, -0.05) is 26.0 Å². The fraction of sp³-hybridized carbons (Fsp3) is 0.417. The van der Waals surface area contributed by atoms with E-state index < -0.39 is 0 Å². The molecule has 1 amide bonds. The fourth-order valence-electron chi connectivity index (χ4n) is 1.13. The summed E-state index contributed by atoms with van der Waals surface area (Å²) in [7, 11) is 5.30. The molecule has 0 fully saturated rings. The summed E-state index contributed by atoms with van der Waals surface area (Å²) >= 11 is 0. The number of nitrogens with zero attached hydrogens (tertiary/aromatic N) is 1. The first-order valence-electron chi connectivity index (χ1n) is 5.15. The van der Waals surface area contributed by atoms with Crippen LogP contribution in [0.1, 0.15) is 24.2 Å². The number of amides is 1. The van der Waals surface area contributed by atoms with Crippen molar-refractivity contribution in [2.45, 2.75) is 13.8 Å². The topological polar surface area (TPSA) is 32.3 Å². The first kappa shape index (κ1) is 17.5. The third-order valence-corrected chi connectivity index (χ3v) is 1.83. The predicted molar refractivity (Wildman–Crippen MR) is 65.4 cm³/mol. The first-order valence-corrected chi connectivity index (χ1v) is 5.15. The molecule has 0 bridgehead atoms. The van der Waals surface area contributed by atoms with Gasteiger partial charge < -0.3 is 10.2 Å². The molecule has 0 aliphatic carbocycles. The molecule has 1 aromatic rings. The molecular weight excluding hydrogens is 239 g/mol. The van der Waals surface area contributed by atoms with Crippen LogP contribution in [0.25, 0.3) is 0 Å². The molecule has 0 unspecified atom stereocenters. The number of nitrogens with one attached hydrogen (secondary N) is 1. The minimum Gasteiger partial charge on any atom is -0.387 e. The fourth-order valence-corrected chi connectivity index (χ4v) is 1.13. The average molecular weight is 259 g/mol. The summed E-state index contributed by atoms with van der Waals surface area (Å²) in [5, 5.41) is 2.98. The molecule has 89 valence electrons. The molecule has 16 heavy (non-hydrogen) atoms. The molecule has 1 N–H and O–H groups in total. The van der Waals surface area contributed by atoms with Gasteiger partial charge in [0.1, 0.15) is 0 Å². The van der Waals surface area contributed by atoms with E-state index in [9.17, 15) is 4.79 Å². The molecule has 0 atom stereocenters. The van der Waals surface area contributed by atoms with Gasteiger partial charge in [0.25, 0.3) is 5.91 Å². The summed E-state index contributed by atoms with van der Waals surface area (Å²) < 4.78 is 0. The number of hydrogen-bond donors (Lipinski definition) is 1. The van der Waals surface area contributed by atoms with Crippen LogP contribution in [-0.4, -0.2) is 32.0 Å². The Hall–Kier alpha value is -0.926. The van der Waals surface area contributed by atoms with Crippen molar-refractivity contribution in [2.75, 3.05) is 26.5 Å². The Morgan fingerprint density at radius 2 is 1.69 bits per heavy atom. The van der Waals surface area contributed by atoms with Crippen molar-refractivity contribution in [3.05, 3.63) is 29.8 Å². The van der Waals surface area contributed by atoms with E-state index >= 15 is 0 Å². The van der Waals surface area contributed by atoms with Gasteiger partial charge in [0, 0.05) is 45.4 Å². The maximum absolute atomic E-state index is 11.6. The van der Waals surface area contributed by atoms with Crippen LogP contribution in [0.4, 0.5) is 5.69 Å². The summed E-state index contributed by atoms with van der Waals surface area (Å²) in [6, 6.07) is 7.46. The van der Waals surface area contributed by atoms with Gasteiger partial charge in [0.05, 0.1) is 5.56 Å². The van der Waals surface area contributed by atoms with E-state index in [1.165, 1.54) is 0 Å². The molecule has 1 aromatic carbocycles. The van der Waals surface area contributed by atoms with Gasteiger partial charge in [-0.05, 0) is 12.1 Å². The summed E-state index contributed by atoms with van der Waals surface area (Å²) in [6.45, 7) is 4.00. The van der Waals surface area contributed by atoms with Crippen LogP contribution in [0.3, 0.4) is 0 Å². The van der Waals surface area contributed by atoms with Crippen molar-refractivity contribution in [2.24, 2.45) is 0 Å². The second-order valence-electron chi connectivity index (χ2n) is 3.00. The molecule has 0 aliphatic heterocycles. The van der Waals surface area contributed by atoms with Gasteiger partial charge in [-0.2, -0.15) is 0 Å². The Labute approximate surface area is 110 Å². The van der Waals surface area contributed by atoms with Crippen molar-refractivity contribution >= 4 is 11.6 Å². The second kappa shape index (κ2) is 9.31. The normalized spacial score (nSPS) is 8.06. The molecule has 1 radical (unpaired) electrons. The molecule has 1 rings (SSSR count). The smallest absolute Gasteiger partial charge is 0.255 e. The monoisotopic (exact) mass is 259 g/mol. The maximum atomic E-state index is 11.6. The van der Waals surface area contributed by atoms with E-state index in [1.807, 2.05) is 45.2 Å². The number of hydrogen-bond acceptors (Lipinski definition) is 2. The SMILES string of the molecule is CC.CNc1ccccc1C(=O)N(C)C.[V]. The van der Waals surface area contributed by atoms with E-state index in [0.29, 0.717) is 5.56 Å². The van der Waals surface area contributed by atoms with Gasteiger partial charge in [-0.3, -0.25) is 4.79 Å². The van der Waals surface area contributed by atoms with Crippen LogP contribution >= 0.6 is 0 Å². The van der Waals surface area contributed by atoms with E-state index in [2.05, 4.69) is 5.32 Å². The maximum Gasteiger partial charge on any atom is 0.255 e. The van der Waals surface area contributed by atoms with E-state index in [0.717, 1.165) is 5.69 Å². The third kappa shape index (κ3) is 4.73. The van der Waals surface area contributed by atoms with Gasteiger partial charge >= 0.3 is 0 Å². The van der Waals surface area contributed by atoms with Crippen LogP contribution in [0.2, 0.25) is 0 Å². The standard InChI is InChI=1S/C10H14N2O.C2H6.V/c1-11-9-7-5-4-6-8(9)10(13)12(2)3;1-2;/h4-7,11H,1-3H3;1-2H3;. The van der Waals surface area contributed by atoms with Gasteiger partial charge in [-0.25, -0.2) is 0 Å². The Bertz CT molecular complexity index is 314. The quantitative estimate of drug-likeness (QED) is 0.884. The molecular formula is C12H20N2OV. The average Bonchev–Trinajstić information content (AvgIpc) is 2.30. The second-order valence-corrected chi connectivity index (χ2v) is 3.00. The number of rotatable bonds is 2. The number of carbonyl (C=O) groups excluding carboxylic acids is 1. The van der Waals surface area contributed by atoms with Crippen LogP contribution in [-0.2, 0) is 18.6 Å². The van der Waals surface area contributed by atoms with E-state index in [4.69, 9.17) is 0 Å². The molecule has 0 saturated heterocycles. The number of carbonyl (C=O) groups is 1. The third-order valence-electron chi connectivity index (χ3n) is 1.83. The summed E-state index contributed by atoms with van der Waals surface area (Å²) in [6.07, 6.45) is 0. The summed E-state index contributed by atoms with van der Waals surface area (Å²) in [4.78, 5) is 13.2. The molecule has 0 heterocycles. The Morgan fingerprint density at radius 1 is 1.19 bits per heavy atom. The zero-order valence-electron chi connectivity index (χ0n) is 10.6. The van der Waals surface area contributed by atoms with Gasteiger partial charge in [0.2, 0.25) is 0 Å². The zero-order chi connectivity index (χ0) is 11.8. The van der Waals surface area contributed by atoms with Crippen LogP contribution in [0.15, 0.2) is 24.3 Å². The number of anilines is 1. The van der Waals surface area contributed by atoms with Gasteiger partial charge in [-0.15, -0.1) is 0 Å². The van der Waals surface area contributed by atoms with Crippen molar-refractivity contribution in [3.8, 4) is 0 Å². The zero-order valence-corrected chi connectivity index (χ0v) is 12.0. The molecule has 0 aromatic heterocycles. The van der Waals surface area contributed by atoms with Crippen LogP contribution in [0, 0.1) is 0 Å². The summed E-state index contributed by atoms with van der Waals surface area (Å²) in [5.41, 5.74) is 1.57. The number of para-hydroxylation sites is 1. The van der Waals surface area contributed by atoms with Crippen LogP contribution < -0.4 is 5.32 Å². The van der Waals surface area contributed by atoms with Crippen molar-refractivity contribution < 1.29 is 23.4 Å². The largest absolute Gasteiger partial charge is 0.387 e. The minimum atomic E-state index is 0. The van der Waals surface area contributed by atoms with E-state index in [-0.39, 0.29) is 24.5 Å². The molecule has 0 saturated carbocycles. The Kier molecular flexibility index (Phi) is 10.2. The molecule has 0 aliphatic rings. The Morgan fingerprint density at radius 3 is 2.12 bits per heavy atom. The van der Waals surface area contributed by atoms with E-state index in [1.54, 1.807) is 19.0 Å². The molecule has 4 heteroatoms.